The molecule has 0 aromatic heterocycles. The summed E-state index contributed by atoms with van der Waals surface area (Å²) in [6.07, 6.45) is 2.69. The highest BCUT2D eigenvalue weighted by Crippen LogP contribution is 2.29. The van der Waals surface area contributed by atoms with Crippen LogP contribution in [0.4, 0.5) is 5.69 Å². The number of benzene rings is 1. The second-order valence-corrected chi connectivity index (χ2v) is 5.57. The molecule has 0 spiro atoms. The van der Waals surface area contributed by atoms with E-state index in [0.29, 0.717) is 6.10 Å². The zero-order valence-corrected chi connectivity index (χ0v) is 13.0. The van der Waals surface area contributed by atoms with Crippen LogP contribution in [0.25, 0.3) is 0 Å². The fraction of sp³-hybridized carbons (Fsp3) is 0.571. The summed E-state index contributed by atoms with van der Waals surface area (Å²) in [6.45, 7) is 4.90. The molecule has 1 aromatic rings. The molecule has 0 radical (unpaired) electrons. The molecule has 0 saturated carbocycles. The highest BCUT2D eigenvalue weighted by Gasteiger charge is 2.21. The van der Waals surface area contributed by atoms with Gasteiger partial charge in [0.05, 0.1) is 6.10 Å². The average Bonchev–Trinajstić information content (AvgIpc) is 2.39. The molecule has 4 heteroatoms. The predicted octanol–water partition coefficient (Wildman–Crippen LogP) is 4.24. The van der Waals surface area contributed by atoms with E-state index in [2.05, 4.69) is 39.9 Å². The van der Waals surface area contributed by atoms with Gasteiger partial charge in [-0.3, -0.25) is 0 Å². The molecule has 100 valence electrons. The maximum Gasteiger partial charge on any atom is 0.0750 e. The van der Waals surface area contributed by atoms with Crippen LogP contribution in [-0.2, 0) is 10.1 Å². The monoisotopic (exact) mass is 331 g/mol. The first-order valence-corrected chi connectivity index (χ1v) is 7.95. The van der Waals surface area contributed by atoms with Gasteiger partial charge in [-0.15, -0.1) is 0 Å². The largest absolute Gasteiger partial charge is 0.377 e. The van der Waals surface area contributed by atoms with Crippen molar-refractivity contribution < 1.29 is 4.74 Å². The molecule has 0 N–H and O–H groups in total. The number of rotatable bonds is 4. The molecule has 0 aliphatic carbocycles. The summed E-state index contributed by atoms with van der Waals surface area (Å²) in [5, 5.41) is 1.66. The Labute approximate surface area is 122 Å². The first kappa shape index (κ1) is 14.2. The lowest BCUT2D eigenvalue weighted by Crippen LogP contribution is -2.40. The minimum Gasteiger partial charge on any atom is -0.377 e. The van der Waals surface area contributed by atoms with E-state index in [4.69, 9.17) is 16.3 Å². The summed E-state index contributed by atoms with van der Waals surface area (Å²) in [5.74, 6) is 0. The molecular weight excluding hydrogens is 314 g/mol. The summed E-state index contributed by atoms with van der Waals surface area (Å²) in [5.41, 5.74) is 2.53. The maximum atomic E-state index is 6.12. The second kappa shape index (κ2) is 6.78. The van der Waals surface area contributed by atoms with Gasteiger partial charge in [0, 0.05) is 35.7 Å². The molecule has 2 rings (SSSR count). The van der Waals surface area contributed by atoms with Crippen LogP contribution in [0.2, 0.25) is 5.02 Å². The van der Waals surface area contributed by atoms with E-state index in [1.165, 1.54) is 17.7 Å². The number of piperidine rings is 1. The Kier molecular flexibility index (Phi) is 5.34. The van der Waals surface area contributed by atoms with Gasteiger partial charge < -0.3 is 9.64 Å². The van der Waals surface area contributed by atoms with Crippen LogP contribution < -0.4 is 4.90 Å². The first-order chi connectivity index (χ1) is 8.74. The van der Waals surface area contributed by atoms with Gasteiger partial charge in [-0.25, -0.2) is 0 Å². The van der Waals surface area contributed by atoms with Crippen molar-refractivity contribution in [3.63, 3.8) is 0 Å². The van der Waals surface area contributed by atoms with Gasteiger partial charge in [-0.1, -0.05) is 33.6 Å². The zero-order chi connectivity index (χ0) is 13.0. The van der Waals surface area contributed by atoms with Crippen molar-refractivity contribution in [3.05, 3.63) is 28.8 Å². The lowest BCUT2D eigenvalue weighted by Gasteiger charge is -2.35. The van der Waals surface area contributed by atoms with Crippen LogP contribution in [0.5, 0.6) is 0 Å². The fourth-order valence-electron chi connectivity index (χ4n) is 2.47. The Morgan fingerprint density at radius 3 is 3.06 bits per heavy atom. The third kappa shape index (κ3) is 3.40. The Bertz CT molecular complexity index is 397. The van der Waals surface area contributed by atoms with Gasteiger partial charge >= 0.3 is 0 Å². The van der Waals surface area contributed by atoms with Crippen molar-refractivity contribution in [2.45, 2.75) is 31.2 Å². The van der Waals surface area contributed by atoms with Gasteiger partial charge in [0.2, 0.25) is 0 Å². The minimum atomic E-state index is 0.353. The van der Waals surface area contributed by atoms with E-state index in [1.807, 2.05) is 6.07 Å². The SMILES string of the molecule is CCOC1CCCN(c2cc(Cl)ccc2CBr)C1. The normalized spacial score (nSPS) is 20.2. The molecule has 0 amide bonds. The van der Waals surface area contributed by atoms with Crippen LogP contribution in [0, 0.1) is 0 Å². The van der Waals surface area contributed by atoms with E-state index in [9.17, 15) is 0 Å². The minimum absolute atomic E-state index is 0.353. The molecule has 2 nitrogen and oxygen atoms in total. The van der Waals surface area contributed by atoms with Gasteiger partial charge in [-0.05, 0) is 37.5 Å². The highest BCUT2D eigenvalue weighted by atomic mass is 79.9. The molecule has 1 aliphatic rings. The number of hydrogen-bond donors (Lipinski definition) is 0. The molecule has 1 atom stereocenters. The molecule has 1 saturated heterocycles. The smallest absolute Gasteiger partial charge is 0.0750 e. The van der Waals surface area contributed by atoms with Crippen molar-refractivity contribution in [1.29, 1.82) is 0 Å². The zero-order valence-electron chi connectivity index (χ0n) is 10.7. The Hall–Kier alpha value is -0.250. The second-order valence-electron chi connectivity index (χ2n) is 4.57. The maximum absolute atomic E-state index is 6.12. The molecule has 1 aliphatic heterocycles. The van der Waals surface area contributed by atoms with E-state index < -0.39 is 0 Å². The number of ether oxygens (including phenoxy) is 1. The number of anilines is 1. The fourth-order valence-corrected chi connectivity index (χ4v) is 3.11. The van der Waals surface area contributed by atoms with Crippen molar-refractivity contribution in [2.24, 2.45) is 0 Å². The quantitative estimate of drug-likeness (QED) is 0.765. The van der Waals surface area contributed by atoms with Crippen molar-refractivity contribution in [1.82, 2.24) is 0 Å². The summed E-state index contributed by atoms with van der Waals surface area (Å²) >= 11 is 9.66. The number of halogens is 2. The average molecular weight is 333 g/mol. The molecule has 1 fully saturated rings. The third-order valence-electron chi connectivity index (χ3n) is 3.31. The van der Waals surface area contributed by atoms with Crippen LogP contribution in [0.3, 0.4) is 0 Å². The standard InChI is InChI=1S/C14H19BrClNO/c1-2-18-13-4-3-7-17(10-13)14-8-12(16)6-5-11(14)9-15/h5-6,8,13H,2-4,7,9-10H2,1H3. The molecule has 1 aromatic carbocycles. The predicted molar refractivity (Wildman–Crippen MR) is 80.9 cm³/mol. The van der Waals surface area contributed by atoms with E-state index >= 15 is 0 Å². The molecule has 0 bridgehead atoms. The Morgan fingerprint density at radius 2 is 2.33 bits per heavy atom. The molecule has 1 unspecified atom stereocenters. The Balaban J connectivity index is 2.17. The molecular formula is C14H19BrClNO. The van der Waals surface area contributed by atoms with Crippen molar-refractivity contribution in [3.8, 4) is 0 Å². The van der Waals surface area contributed by atoms with Gasteiger partial charge in [0.15, 0.2) is 0 Å². The third-order valence-corrected chi connectivity index (χ3v) is 4.15. The first-order valence-electron chi connectivity index (χ1n) is 6.45. The lowest BCUT2D eigenvalue weighted by molar-refractivity contribution is 0.0526. The van der Waals surface area contributed by atoms with Gasteiger partial charge in [0.25, 0.3) is 0 Å². The highest BCUT2D eigenvalue weighted by molar-refractivity contribution is 9.08. The summed E-state index contributed by atoms with van der Waals surface area (Å²) in [4.78, 5) is 2.40. The van der Waals surface area contributed by atoms with E-state index in [1.54, 1.807) is 0 Å². The molecule has 1 heterocycles. The Morgan fingerprint density at radius 1 is 1.50 bits per heavy atom. The lowest BCUT2D eigenvalue weighted by atomic mass is 10.1. The topological polar surface area (TPSA) is 12.5 Å². The van der Waals surface area contributed by atoms with Crippen molar-refractivity contribution in [2.75, 3.05) is 24.6 Å². The summed E-state index contributed by atoms with van der Waals surface area (Å²) in [6, 6.07) is 6.11. The molecule has 18 heavy (non-hydrogen) atoms. The number of hydrogen-bond acceptors (Lipinski definition) is 2. The van der Waals surface area contributed by atoms with Crippen LogP contribution in [0.1, 0.15) is 25.3 Å². The van der Waals surface area contributed by atoms with E-state index in [-0.39, 0.29) is 0 Å². The number of alkyl halides is 1. The summed E-state index contributed by atoms with van der Waals surface area (Å²) in [7, 11) is 0. The van der Waals surface area contributed by atoms with Crippen molar-refractivity contribution >= 4 is 33.2 Å². The van der Waals surface area contributed by atoms with E-state index in [0.717, 1.165) is 36.5 Å². The summed E-state index contributed by atoms with van der Waals surface area (Å²) < 4.78 is 5.75. The van der Waals surface area contributed by atoms with Gasteiger partial charge in [-0.2, -0.15) is 0 Å². The number of nitrogens with zero attached hydrogens (tertiary/aromatic N) is 1. The van der Waals surface area contributed by atoms with Gasteiger partial charge in [0.1, 0.15) is 0 Å². The van der Waals surface area contributed by atoms with Crippen LogP contribution in [-0.4, -0.2) is 25.8 Å². The van der Waals surface area contributed by atoms with Crippen LogP contribution >= 0.6 is 27.5 Å². The van der Waals surface area contributed by atoms with Crippen LogP contribution in [0.15, 0.2) is 18.2 Å².